The highest BCUT2D eigenvalue weighted by Gasteiger charge is 2.32. The van der Waals surface area contributed by atoms with E-state index in [0.29, 0.717) is 5.08 Å². The van der Waals surface area contributed by atoms with Crippen molar-refractivity contribution in [2.24, 2.45) is 0 Å². The van der Waals surface area contributed by atoms with Gasteiger partial charge in [-0.25, -0.2) is 0 Å². The molecule has 0 atom stereocenters. The quantitative estimate of drug-likeness (QED) is 0.0466. The summed E-state index contributed by atoms with van der Waals surface area (Å²) >= 11 is 4.09. The summed E-state index contributed by atoms with van der Waals surface area (Å²) in [7, 11) is 0. The summed E-state index contributed by atoms with van der Waals surface area (Å²) in [5, 5.41) is 0.318. The Morgan fingerprint density at radius 3 is 0.905 bits per heavy atom. The van der Waals surface area contributed by atoms with Gasteiger partial charge in [0, 0.05) is 13.1 Å². The molecule has 0 fully saturated rings. The van der Waals surface area contributed by atoms with Crippen molar-refractivity contribution in [3.63, 3.8) is 0 Å². The van der Waals surface area contributed by atoms with Crippen molar-refractivity contribution in [2.45, 2.75) is 199 Å². The van der Waals surface area contributed by atoms with E-state index in [1.807, 2.05) is 0 Å². The number of hydrogen-bond donors (Lipinski definition) is 0. The first-order valence-electron chi connectivity index (χ1n) is 19.1. The van der Waals surface area contributed by atoms with Crippen molar-refractivity contribution < 1.29 is 0 Å². The largest absolute Gasteiger partial charge is 0.341 e. The zero-order valence-corrected chi connectivity index (χ0v) is 30.0. The molecule has 3 heteroatoms. The van der Waals surface area contributed by atoms with Crippen LogP contribution in [0.3, 0.4) is 0 Å². The molecule has 0 radical (unpaired) electrons. The Bertz CT molecular complexity index is 663. The fourth-order valence-electron chi connectivity index (χ4n) is 6.76. The lowest BCUT2D eigenvalue weighted by Crippen LogP contribution is -2.39. The number of rotatable bonds is 30. The predicted molar refractivity (Wildman–Crippen MR) is 194 cm³/mol. The van der Waals surface area contributed by atoms with Crippen LogP contribution in [-0.4, -0.2) is 18.2 Å². The van der Waals surface area contributed by atoms with E-state index in [9.17, 15) is 0 Å². The molecule has 2 rings (SSSR count). The van der Waals surface area contributed by atoms with E-state index in [1.165, 1.54) is 204 Å². The predicted octanol–water partition coefficient (Wildman–Crippen LogP) is 14.0. The maximum atomic E-state index is 4.09. The minimum absolute atomic E-state index is 0.318. The molecule has 0 unspecified atom stereocenters. The molecule has 0 bridgehead atoms. The molecular weight excluding hydrogens is 576 g/mol. The van der Waals surface area contributed by atoms with Gasteiger partial charge in [0.1, 0.15) is 0 Å². The summed E-state index contributed by atoms with van der Waals surface area (Å²) in [6.45, 7) is 6.94. The maximum absolute atomic E-state index is 4.09. The molecule has 244 valence electrons. The molecule has 0 N–H and O–H groups in total. The summed E-state index contributed by atoms with van der Waals surface area (Å²) in [4.78, 5) is 5.22. The van der Waals surface area contributed by atoms with Gasteiger partial charge in [0.2, 0.25) is 0 Å². The van der Waals surface area contributed by atoms with Crippen molar-refractivity contribution in [2.75, 3.05) is 22.9 Å². The first-order valence-corrected chi connectivity index (χ1v) is 20.0. The van der Waals surface area contributed by atoms with Gasteiger partial charge in [-0.2, -0.15) is 0 Å². The Morgan fingerprint density at radius 1 is 0.405 bits per heavy atom. The van der Waals surface area contributed by atoms with E-state index in [2.05, 4.69) is 63.8 Å². The van der Waals surface area contributed by atoms with E-state index >= 15 is 0 Å². The van der Waals surface area contributed by atoms with Crippen molar-refractivity contribution in [1.29, 1.82) is 0 Å². The van der Waals surface area contributed by atoms with Crippen LogP contribution in [0.25, 0.3) is 0 Å². The molecule has 0 saturated heterocycles. The SMILES string of the molecule is CCCCCCCCCCCCCCCCN1c2ccccc2N(CCCCCCCCCCCCCCCC)C1Br. The molecule has 1 aromatic rings. The molecule has 0 amide bonds. The van der Waals surface area contributed by atoms with E-state index < -0.39 is 0 Å². The third-order valence-corrected chi connectivity index (χ3v) is 10.5. The number of anilines is 2. The van der Waals surface area contributed by atoms with Crippen molar-refractivity contribution in [3.05, 3.63) is 24.3 Å². The summed E-state index contributed by atoms with van der Waals surface area (Å²) in [5.41, 5.74) is 2.86. The lowest BCUT2D eigenvalue weighted by Gasteiger charge is -2.28. The van der Waals surface area contributed by atoms with Crippen molar-refractivity contribution >= 4 is 27.3 Å². The molecule has 0 aliphatic carbocycles. The molecule has 42 heavy (non-hydrogen) atoms. The van der Waals surface area contributed by atoms with Crippen molar-refractivity contribution in [3.8, 4) is 0 Å². The van der Waals surface area contributed by atoms with Gasteiger partial charge in [0.05, 0.1) is 11.4 Å². The number of fused-ring (bicyclic) bond motifs is 1. The van der Waals surface area contributed by atoms with Gasteiger partial charge >= 0.3 is 0 Å². The van der Waals surface area contributed by atoms with E-state index in [1.54, 1.807) is 0 Å². The first kappa shape index (κ1) is 37.5. The average molecular weight is 648 g/mol. The molecule has 1 aromatic carbocycles. The molecule has 1 aliphatic rings. The lowest BCUT2D eigenvalue weighted by molar-refractivity contribution is 0.531. The zero-order chi connectivity index (χ0) is 29.9. The molecule has 2 nitrogen and oxygen atoms in total. The molecule has 1 heterocycles. The Kier molecular flexibility index (Phi) is 23.8. The van der Waals surface area contributed by atoms with Gasteiger partial charge in [-0.3, -0.25) is 0 Å². The normalized spacial score (nSPS) is 13.4. The zero-order valence-electron chi connectivity index (χ0n) is 28.4. The van der Waals surface area contributed by atoms with E-state index in [-0.39, 0.29) is 0 Å². The maximum Gasteiger partial charge on any atom is 0.159 e. The standard InChI is InChI=1S/C39H71BrN2/c1-3-5-7-9-11-13-15-17-19-21-23-25-27-31-35-41-37-33-29-30-34-38(37)42(39(41)40)36-32-28-26-24-22-20-18-16-14-12-10-8-6-4-2/h29-30,33-34,39H,3-28,31-32,35-36H2,1-2H3. The fraction of sp³-hybridized carbons (Fsp3) is 0.846. The van der Waals surface area contributed by atoms with Crippen LogP contribution in [0.4, 0.5) is 11.4 Å². The van der Waals surface area contributed by atoms with Gasteiger partial charge in [0.15, 0.2) is 5.08 Å². The van der Waals surface area contributed by atoms with Crippen LogP contribution in [0.15, 0.2) is 24.3 Å². The van der Waals surface area contributed by atoms with Crippen LogP contribution in [0.2, 0.25) is 0 Å². The highest BCUT2D eigenvalue weighted by molar-refractivity contribution is 9.09. The second kappa shape index (κ2) is 26.7. The average Bonchev–Trinajstić information content (AvgIpc) is 3.27. The third-order valence-electron chi connectivity index (χ3n) is 9.52. The van der Waals surface area contributed by atoms with Crippen LogP contribution in [-0.2, 0) is 0 Å². The second-order valence-corrected chi connectivity index (χ2v) is 14.2. The van der Waals surface area contributed by atoms with Crippen molar-refractivity contribution in [1.82, 2.24) is 0 Å². The Hall–Kier alpha value is -0.700. The van der Waals surface area contributed by atoms with Crippen LogP contribution >= 0.6 is 15.9 Å². The highest BCUT2D eigenvalue weighted by atomic mass is 79.9. The van der Waals surface area contributed by atoms with Gasteiger partial charge in [0.25, 0.3) is 0 Å². The van der Waals surface area contributed by atoms with E-state index in [0.717, 1.165) is 0 Å². The molecule has 1 aliphatic heterocycles. The van der Waals surface area contributed by atoms with E-state index in [4.69, 9.17) is 0 Å². The highest BCUT2D eigenvalue weighted by Crippen LogP contribution is 2.41. The summed E-state index contributed by atoms with van der Waals surface area (Å²) in [6, 6.07) is 9.09. The molecule has 0 saturated carbocycles. The summed E-state index contributed by atoms with van der Waals surface area (Å²) < 4.78 is 0. The van der Waals surface area contributed by atoms with Crippen LogP contribution < -0.4 is 9.80 Å². The Morgan fingerprint density at radius 2 is 0.643 bits per heavy atom. The van der Waals surface area contributed by atoms with Gasteiger partial charge in [-0.15, -0.1) is 0 Å². The minimum Gasteiger partial charge on any atom is -0.341 e. The van der Waals surface area contributed by atoms with Gasteiger partial charge in [-0.05, 0) is 40.9 Å². The summed E-state index contributed by atoms with van der Waals surface area (Å²) in [6.07, 6.45) is 39.9. The Labute approximate surface area is 272 Å². The van der Waals surface area contributed by atoms with Crippen LogP contribution in [0, 0.1) is 0 Å². The number of hydrogen-bond acceptors (Lipinski definition) is 2. The molecule has 0 aromatic heterocycles. The monoisotopic (exact) mass is 646 g/mol. The Balaban J connectivity index is 1.48. The summed E-state index contributed by atoms with van der Waals surface area (Å²) in [5.74, 6) is 0. The number of benzene rings is 1. The number of unbranched alkanes of at least 4 members (excludes halogenated alkanes) is 26. The fourth-order valence-corrected chi connectivity index (χ4v) is 7.61. The van der Waals surface area contributed by atoms with Crippen LogP contribution in [0.1, 0.15) is 194 Å². The van der Waals surface area contributed by atoms with Gasteiger partial charge < -0.3 is 9.80 Å². The smallest absolute Gasteiger partial charge is 0.159 e. The topological polar surface area (TPSA) is 6.48 Å². The number of halogens is 1. The number of alkyl halides is 1. The van der Waals surface area contributed by atoms with Crippen LogP contribution in [0.5, 0.6) is 0 Å². The molecule has 0 spiro atoms. The minimum atomic E-state index is 0.318. The number of para-hydroxylation sites is 2. The van der Waals surface area contributed by atoms with Gasteiger partial charge in [-0.1, -0.05) is 193 Å². The first-order chi connectivity index (χ1) is 20.8. The second-order valence-electron chi connectivity index (χ2n) is 13.4. The lowest BCUT2D eigenvalue weighted by atomic mass is 10.0. The molecular formula is C39H71BrN2. The number of nitrogens with zero attached hydrogens (tertiary/aromatic N) is 2. The third kappa shape index (κ3) is 17.0.